The molecule has 1 saturated carbocycles. The van der Waals surface area contributed by atoms with Gasteiger partial charge in [-0.1, -0.05) is 12.8 Å². The molecule has 5 nitrogen and oxygen atoms in total. The number of methoxy groups -OCH3 is 2. The molecule has 0 aromatic heterocycles. The maximum atomic E-state index is 12.0. The molecule has 1 aliphatic carbocycles. The van der Waals surface area contributed by atoms with Gasteiger partial charge in [0.15, 0.2) is 0 Å². The van der Waals surface area contributed by atoms with Crippen molar-refractivity contribution < 1.29 is 14.3 Å². The lowest BCUT2D eigenvalue weighted by Gasteiger charge is -2.13. The molecule has 2 N–H and O–H groups in total. The molecule has 116 valence electrons. The Balaban J connectivity index is 1.83. The first-order chi connectivity index (χ1) is 10.2. The first kappa shape index (κ1) is 15.6. The third-order valence-electron chi connectivity index (χ3n) is 3.82. The van der Waals surface area contributed by atoms with Crippen LogP contribution in [-0.4, -0.2) is 32.7 Å². The van der Waals surface area contributed by atoms with E-state index in [1.807, 2.05) is 0 Å². The molecule has 1 aliphatic rings. The van der Waals surface area contributed by atoms with E-state index in [-0.39, 0.29) is 5.91 Å². The van der Waals surface area contributed by atoms with E-state index in [0.29, 0.717) is 36.2 Å². The van der Waals surface area contributed by atoms with Crippen LogP contribution in [0.5, 0.6) is 11.5 Å². The van der Waals surface area contributed by atoms with Crippen LogP contribution in [0.1, 0.15) is 32.1 Å². The zero-order valence-corrected chi connectivity index (χ0v) is 12.8. The number of benzene rings is 1. The molecular formula is C16H24N2O3. The predicted octanol–water partition coefficient (Wildman–Crippen LogP) is 2.56. The number of hydrogen-bond donors (Lipinski definition) is 2. The van der Waals surface area contributed by atoms with Crippen LogP contribution in [-0.2, 0) is 4.79 Å². The Bertz CT molecular complexity index is 471. The standard InChI is InChI=1S/C16H24N2O3/c1-20-13-7-8-15(21-2)14(11-13)18-16(19)9-10-17-12-5-3-4-6-12/h7-8,11-12,17H,3-6,9-10H2,1-2H3,(H,18,19). The number of carbonyl (C=O) groups excluding carboxylic acids is 1. The number of rotatable bonds is 7. The molecule has 5 heteroatoms. The summed E-state index contributed by atoms with van der Waals surface area (Å²) < 4.78 is 10.4. The smallest absolute Gasteiger partial charge is 0.225 e. The number of hydrogen-bond acceptors (Lipinski definition) is 4. The molecule has 2 rings (SSSR count). The van der Waals surface area contributed by atoms with E-state index in [2.05, 4.69) is 10.6 Å². The minimum Gasteiger partial charge on any atom is -0.497 e. The fourth-order valence-electron chi connectivity index (χ4n) is 2.64. The third kappa shape index (κ3) is 4.63. The molecule has 1 fully saturated rings. The molecule has 1 amide bonds. The summed E-state index contributed by atoms with van der Waals surface area (Å²) in [4.78, 5) is 12.0. The van der Waals surface area contributed by atoms with Gasteiger partial charge in [0.2, 0.25) is 5.91 Å². The van der Waals surface area contributed by atoms with Crippen molar-refractivity contribution in [1.82, 2.24) is 5.32 Å². The molecule has 0 heterocycles. The molecule has 21 heavy (non-hydrogen) atoms. The van der Waals surface area contributed by atoms with Crippen molar-refractivity contribution in [2.75, 3.05) is 26.1 Å². The molecule has 0 aliphatic heterocycles. The van der Waals surface area contributed by atoms with Crippen LogP contribution in [0.4, 0.5) is 5.69 Å². The molecule has 1 aromatic rings. The van der Waals surface area contributed by atoms with Crippen molar-refractivity contribution in [1.29, 1.82) is 0 Å². The van der Waals surface area contributed by atoms with Crippen molar-refractivity contribution in [3.8, 4) is 11.5 Å². The second-order valence-corrected chi connectivity index (χ2v) is 5.30. The zero-order valence-electron chi connectivity index (χ0n) is 12.8. The van der Waals surface area contributed by atoms with Crippen LogP contribution in [0.25, 0.3) is 0 Å². The summed E-state index contributed by atoms with van der Waals surface area (Å²) in [6.45, 7) is 0.711. The lowest BCUT2D eigenvalue weighted by atomic mass is 10.2. The van der Waals surface area contributed by atoms with Crippen LogP contribution in [0.2, 0.25) is 0 Å². The highest BCUT2D eigenvalue weighted by Crippen LogP contribution is 2.28. The van der Waals surface area contributed by atoms with Crippen LogP contribution in [0.3, 0.4) is 0 Å². The van der Waals surface area contributed by atoms with Gasteiger partial charge in [0, 0.05) is 25.1 Å². The van der Waals surface area contributed by atoms with Gasteiger partial charge in [-0.3, -0.25) is 4.79 Å². The number of amides is 1. The molecule has 0 unspecified atom stereocenters. The Morgan fingerprint density at radius 3 is 2.67 bits per heavy atom. The van der Waals surface area contributed by atoms with Crippen LogP contribution < -0.4 is 20.1 Å². The van der Waals surface area contributed by atoms with E-state index < -0.39 is 0 Å². The summed E-state index contributed by atoms with van der Waals surface area (Å²) in [5.74, 6) is 1.30. The number of carbonyl (C=O) groups is 1. The third-order valence-corrected chi connectivity index (χ3v) is 3.82. The lowest BCUT2D eigenvalue weighted by molar-refractivity contribution is -0.116. The van der Waals surface area contributed by atoms with Crippen molar-refractivity contribution in [2.24, 2.45) is 0 Å². The van der Waals surface area contributed by atoms with Crippen molar-refractivity contribution in [3.63, 3.8) is 0 Å². The Morgan fingerprint density at radius 1 is 1.24 bits per heavy atom. The molecule has 0 saturated heterocycles. The van der Waals surface area contributed by atoms with Crippen molar-refractivity contribution in [2.45, 2.75) is 38.1 Å². The largest absolute Gasteiger partial charge is 0.497 e. The zero-order chi connectivity index (χ0) is 15.1. The molecule has 0 atom stereocenters. The van der Waals surface area contributed by atoms with Gasteiger partial charge in [0.25, 0.3) is 0 Å². The Labute approximate surface area is 126 Å². The number of ether oxygens (including phenoxy) is 2. The second kappa shape index (κ2) is 7.88. The van der Waals surface area contributed by atoms with Gasteiger partial charge in [0.05, 0.1) is 19.9 Å². The maximum absolute atomic E-state index is 12.0. The first-order valence-corrected chi connectivity index (χ1v) is 7.48. The summed E-state index contributed by atoms with van der Waals surface area (Å²) in [6.07, 6.45) is 5.50. The van der Waals surface area contributed by atoms with Crippen LogP contribution >= 0.6 is 0 Å². The molecule has 0 radical (unpaired) electrons. The lowest BCUT2D eigenvalue weighted by Crippen LogP contribution is -2.29. The average Bonchev–Trinajstić information content (AvgIpc) is 3.00. The Kier molecular flexibility index (Phi) is 5.87. The second-order valence-electron chi connectivity index (χ2n) is 5.30. The van der Waals surface area contributed by atoms with Gasteiger partial charge in [-0.25, -0.2) is 0 Å². The molecular weight excluding hydrogens is 268 g/mol. The summed E-state index contributed by atoms with van der Waals surface area (Å²) in [6, 6.07) is 5.94. The van der Waals surface area contributed by atoms with Gasteiger partial charge >= 0.3 is 0 Å². The Hall–Kier alpha value is -1.75. The highest BCUT2D eigenvalue weighted by atomic mass is 16.5. The highest BCUT2D eigenvalue weighted by molar-refractivity contribution is 5.92. The Morgan fingerprint density at radius 2 is 2.00 bits per heavy atom. The van der Waals surface area contributed by atoms with E-state index in [4.69, 9.17) is 9.47 Å². The topological polar surface area (TPSA) is 59.6 Å². The SMILES string of the molecule is COc1ccc(OC)c(NC(=O)CCNC2CCCC2)c1. The average molecular weight is 292 g/mol. The summed E-state index contributed by atoms with van der Waals surface area (Å²) in [7, 11) is 3.18. The number of anilines is 1. The summed E-state index contributed by atoms with van der Waals surface area (Å²) in [5.41, 5.74) is 0.641. The quantitative estimate of drug-likeness (QED) is 0.811. The molecule has 0 spiro atoms. The fraction of sp³-hybridized carbons (Fsp3) is 0.562. The van der Waals surface area contributed by atoms with E-state index in [0.717, 1.165) is 0 Å². The number of nitrogens with one attached hydrogen (secondary N) is 2. The summed E-state index contributed by atoms with van der Waals surface area (Å²) in [5, 5.41) is 6.31. The maximum Gasteiger partial charge on any atom is 0.225 e. The fourth-order valence-corrected chi connectivity index (χ4v) is 2.64. The van der Waals surface area contributed by atoms with Crippen LogP contribution in [0, 0.1) is 0 Å². The first-order valence-electron chi connectivity index (χ1n) is 7.48. The molecule has 1 aromatic carbocycles. The van der Waals surface area contributed by atoms with Gasteiger partial charge < -0.3 is 20.1 Å². The van der Waals surface area contributed by atoms with Crippen molar-refractivity contribution >= 4 is 11.6 Å². The monoisotopic (exact) mass is 292 g/mol. The normalized spacial score (nSPS) is 15.0. The van der Waals surface area contributed by atoms with Gasteiger partial charge in [-0.05, 0) is 25.0 Å². The summed E-state index contributed by atoms with van der Waals surface area (Å²) >= 11 is 0. The van der Waals surface area contributed by atoms with Gasteiger partial charge in [-0.2, -0.15) is 0 Å². The predicted molar refractivity (Wildman–Crippen MR) is 83.1 cm³/mol. The minimum absolute atomic E-state index is 0.0212. The van der Waals surface area contributed by atoms with E-state index in [9.17, 15) is 4.79 Å². The van der Waals surface area contributed by atoms with E-state index >= 15 is 0 Å². The van der Waals surface area contributed by atoms with Crippen LogP contribution in [0.15, 0.2) is 18.2 Å². The van der Waals surface area contributed by atoms with Gasteiger partial charge in [-0.15, -0.1) is 0 Å². The van der Waals surface area contributed by atoms with Crippen molar-refractivity contribution in [3.05, 3.63) is 18.2 Å². The minimum atomic E-state index is -0.0212. The van der Waals surface area contributed by atoms with Gasteiger partial charge in [0.1, 0.15) is 11.5 Å². The highest BCUT2D eigenvalue weighted by Gasteiger charge is 2.14. The van der Waals surface area contributed by atoms with E-state index in [1.54, 1.807) is 32.4 Å². The van der Waals surface area contributed by atoms with E-state index in [1.165, 1.54) is 25.7 Å². The molecule has 0 bridgehead atoms.